The van der Waals surface area contributed by atoms with Crippen molar-refractivity contribution in [2.45, 2.75) is 6.92 Å². The number of hydrogen-bond acceptors (Lipinski definition) is 3. The fraction of sp³-hybridized carbons (Fsp3) is 0.462. The van der Waals surface area contributed by atoms with Crippen LogP contribution in [-0.2, 0) is 0 Å². The van der Waals surface area contributed by atoms with Crippen molar-refractivity contribution in [2.75, 3.05) is 38.5 Å². The third-order valence-electron chi connectivity index (χ3n) is 3.40. The maximum absolute atomic E-state index is 13.8. The quantitative estimate of drug-likeness (QED) is 0.824. The molecule has 0 spiro atoms. The van der Waals surface area contributed by atoms with Crippen molar-refractivity contribution in [3.63, 3.8) is 0 Å². The molecule has 0 saturated carbocycles. The minimum absolute atomic E-state index is 0.289. The summed E-state index contributed by atoms with van der Waals surface area (Å²) in [6.07, 6.45) is 0. The molecular weight excluding hydrogens is 252 g/mol. The van der Waals surface area contributed by atoms with E-state index in [0.29, 0.717) is 13.1 Å². The summed E-state index contributed by atoms with van der Waals surface area (Å²) >= 11 is 0. The van der Waals surface area contributed by atoms with Gasteiger partial charge in [-0.05, 0) is 18.7 Å². The van der Waals surface area contributed by atoms with Crippen molar-refractivity contribution in [3.8, 4) is 0 Å². The van der Waals surface area contributed by atoms with Crippen LogP contribution in [0.3, 0.4) is 0 Å². The van der Waals surface area contributed by atoms with Gasteiger partial charge in [0.05, 0.1) is 11.3 Å². The minimum Gasteiger partial charge on any atom is -0.396 e. The summed E-state index contributed by atoms with van der Waals surface area (Å²) in [5.74, 6) is -2.04. The highest BCUT2D eigenvalue weighted by atomic mass is 19.1. The fourth-order valence-electron chi connectivity index (χ4n) is 2.20. The van der Waals surface area contributed by atoms with E-state index in [-0.39, 0.29) is 11.3 Å². The lowest BCUT2D eigenvalue weighted by Crippen LogP contribution is -2.48. The Bertz CT molecular complexity index is 485. The number of amides is 1. The molecule has 19 heavy (non-hydrogen) atoms. The number of benzene rings is 1. The van der Waals surface area contributed by atoms with Gasteiger partial charge in [0, 0.05) is 26.2 Å². The first kappa shape index (κ1) is 13.7. The van der Waals surface area contributed by atoms with Gasteiger partial charge < -0.3 is 15.5 Å². The first-order chi connectivity index (χ1) is 9.02. The Morgan fingerprint density at radius 3 is 2.47 bits per heavy atom. The van der Waals surface area contributed by atoms with Crippen molar-refractivity contribution >= 4 is 11.6 Å². The van der Waals surface area contributed by atoms with E-state index < -0.39 is 17.5 Å². The SMILES string of the molecule is CCN1CCN(C(=O)c2cc(F)cc(N)c2F)CC1. The average Bonchev–Trinajstić information content (AvgIpc) is 2.42. The molecule has 2 N–H and O–H groups in total. The van der Waals surface area contributed by atoms with Crippen LogP contribution in [0.5, 0.6) is 0 Å². The molecule has 6 heteroatoms. The molecule has 1 aromatic rings. The monoisotopic (exact) mass is 269 g/mol. The smallest absolute Gasteiger partial charge is 0.257 e. The summed E-state index contributed by atoms with van der Waals surface area (Å²) in [6, 6.07) is 1.78. The highest BCUT2D eigenvalue weighted by molar-refractivity contribution is 5.95. The zero-order valence-corrected chi connectivity index (χ0v) is 10.8. The standard InChI is InChI=1S/C13H17F2N3O/c1-2-17-3-5-18(6-4-17)13(19)10-7-9(14)8-11(16)12(10)15/h7-8H,2-6,16H2,1H3. The maximum atomic E-state index is 13.8. The van der Waals surface area contributed by atoms with Gasteiger partial charge in [-0.3, -0.25) is 4.79 Å². The van der Waals surface area contributed by atoms with E-state index in [1.54, 1.807) is 0 Å². The summed E-state index contributed by atoms with van der Waals surface area (Å²) in [7, 11) is 0. The zero-order valence-electron chi connectivity index (χ0n) is 10.8. The Morgan fingerprint density at radius 2 is 1.89 bits per heavy atom. The summed E-state index contributed by atoms with van der Waals surface area (Å²) in [5.41, 5.74) is 4.71. The summed E-state index contributed by atoms with van der Waals surface area (Å²) in [6.45, 7) is 5.49. The van der Waals surface area contributed by atoms with Crippen LogP contribution in [-0.4, -0.2) is 48.4 Å². The number of rotatable bonds is 2. The topological polar surface area (TPSA) is 49.6 Å². The molecule has 1 aliphatic heterocycles. The number of anilines is 1. The molecule has 1 aromatic carbocycles. The van der Waals surface area contributed by atoms with E-state index in [0.717, 1.165) is 31.8 Å². The molecule has 4 nitrogen and oxygen atoms in total. The lowest BCUT2D eigenvalue weighted by Gasteiger charge is -2.34. The van der Waals surface area contributed by atoms with Gasteiger partial charge in [-0.1, -0.05) is 6.92 Å². The molecule has 0 aliphatic carbocycles. The molecule has 1 aliphatic rings. The summed E-state index contributed by atoms with van der Waals surface area (Å²) in [4.78, 5) is 15.9. The number of carbonyl (C=O) groups excluding carboxylic acids is 1. The molecule has 0 radical (unpaired) electrons. The Labute approximate surface area is 110 Å². The van der Waals surface area contributed by atoms with Crippen molar-refractivity contribution in [3.05, 3.63) is 29.3 Å². The van der Waals surface area contributed by atoms with Gasteiger partial charge >= 0.3 is 0 Å². The zero-order chi connectivity index (χ0) is 14.0. The third kappa shape index (κ3) is 2.84. The second-order valence-corrected chi connectivity index (χ2v) is 4.58. The Balaban J connectivity index is 2.17. The van der Waals surface area contributed by atoms with Crippen molar-refractivity contribution in [1.29, 1.82) is 0 Å². The predicted molar refractivity (Wildman–Crippen MR) is 68.8 cm³/mol. The molecule has 2 rings (SSSR count). The van der Waals surface area contributed by atoms with Crippen LogP contribution >= 0.6 is 0 Å². The minimum atomic E-state index is -0.843. The molecule has 1 heterocycles. The highest BCUT2D eigenvalue weighted by Crippen LogP contribution is 2.19. The molecule has 1 saturated heterocycles. The number of likely N-dealkylation sites (N-methyl/N-ethyl adjacent to an activating group) is 1. The summed E-state index contributed by atoms with van der Waals surface area (Å²) in [5, 5.41) is 0. The van der Waals surface area contributed by atoms with Crippen molar-refractivity contribution in [2.24, 2.45) is 0 Å². The van der Waals surface area contributed by atoms with Crippen LogP contribution in [0, 0.1) is 11.6 Å². The molecule has 104 valence electrons. The van der Waals surface area contributed by atoms with Crippen LogP contribution in [0.4, 0.5) is 14.5 Å². The number of hydrogen-bond donors (Lipinski definition) is 1. The van der Waals surface area contributed by atoms with Crippen molar-refractivity contribution < 1.29 is 13.6 Å². The van der Waals surface area contributed by atoms with Gasteiger partial charge in [0.25, 0.3) is 5.91 Å². The second kappa shape index (κ2) is 5.52. The fourth-order valence-corrected chi connectivity index (χ4v) is 2.20. The number of piperazine rings is 1. The molecule has 0 bridgehead atoms. The second-order valence-electron chi connectivity index (χ2n) is 4.58. The van der Waals surface area contributed by atoms with Gasteiger partial charge in [-0.15, -0.1) is 0 Å². The van der Waals surface area contributed by atoms with E-state index in [1.165, 1.54) is 4.90 Å². The molecule has 1 amide bonds. The lowest BCUT2D eigenvalue weighted by molar-refractivity contribution is 0.0638. The first-order valence-electron chi connectivity index (χ1n) is 6.29. The first-order valence-corrected chi connectivity index (χ1v) is 6.29. The molecule has 0 unspecified atom stereocenters. The van der Waals surface area contributed by atoms with Crippen LogP contribution in [0.25, 0.3) is 0 Å². The normalized spacial score (nSPS) is 16.7. The van der Waals surface area contributed by atoms with Gasteiger partial charge in [0.1, 0.15) is 5.82 Å². The lowest BCUT2D eigenvalue weighted by atomic mass is 10.1. The van der Waals surface area contributed by atoms with Gasteiger partial charge in [0.15, 0.2) is 5.82 Å². The number of nitrogens with two attached hydrogens (primary N) is 1. The van der Waals surface area contributed by atoms with E-state index >= 15 is 0 Å². The van der Waals surface area contributed by atoms with Crippen LogP contribution in [0.1, 0.15) is 17.3 Å². The van der Waals surface area contributed by atoms with Gasteiger partial charge in [-0.25, -0.2) is 8.78 Å². The third-order valence-corrected chi connectivity index (χ3v) is 3.40. The molecule has 0 atom stereocenters. The molecule has 1 fully saturated rings. The predicted octanol–water partition coefficient (Wildman–Crippen LogP) is 1.32. The number of nitrogens with zero attached hydrogens (tertiary/aromatic N) is 2. The average molecular weight is 269 g/mol. The van der Waals surface area contributed by atoms with Crippen LogP contribution in [0.15, 0.2) is 12.1 Å². The van der Waals surface area contributed by atoms with Gasteiger partial charge in [-0.2, -0.15) is 0 Å². The van der Waals surface area contributed by atoms with E-state index in [9.17, 15) is 13.6 Å². The van der Waals surface area contributed by atoms with Crippen LogP contribution in [0.2, 0.25) is 0 Å². The van der Waals surface area contributed by atoms with Crippen molar-refractivity contribution in [1.82, 2.24) is 9.80 Å². The number of carbonyl (C=O) groups is 1. The maximum Gasteiger partial charge on any atom is 0.257 e. The van der Waals surface area contributed by atoms with E-state index in [1.807, 2.05) is 6.92 Å². The molecular formula is C13H17F2N3O. The highest BCUT2D eigenvalue weighted by Gasteiger charge is 2.24. The van der Waals surface area contributed by atoms with E-state index in [4.69, 9.17) is 5.73 Å². The number of halogens is 2. The Kier molecular flexibility index (Phi) is 3.99. The summed E-state index contributed by atoms with van der Waals surface area (Å²) < 4.78 is 27.0. The Morgan fingerprint density at radius 1 is 1.26 bits per heavy atom. The van der Waals surface area contributed by atoms with Gasteiger partial charge in [0.2, 0.25) is 0 Å². The molecule has 0 aromatic heterocycles. The van der Waals surface area contributed by atoms with E-state index in [2.05, 4.69) is 4.90 Å². The van der Waals surface area contributed by atoms with Crippen LogP contribution < -0.4 is 5.73 Å². The Hall–Kier alpha value is -1.69. The number of nitrogen functional groups attached to an aromatic ring is 1. The largest absolute Gasteiger partial charge is 0.396 e.